The van der Waals surface area contributed by atoms with Gasteiger partial charge in [0.25, 0.3) is 5.69 Å². The van der Waals surface area contributed by atoms with Crippen LogP contribution in [0.15, 0.2) is 24.7 Å². The van der Waals surface area contributed by atoms with Crippen LogP contribution >= 0.6 is 11.6 Å². The van der Waals surface area contributed by atoms with E-state index in [9.17, 15) is 10.1 Å². The molecule has 6 nitrogen and oxygen atoms in total. The van der Waals surface area contributed by atoms with Crippen molar-refractivity contribution in [3.63, 3.8) is 0 Å². The predicted octanol–water partition coefficient (Wildman–Crippen LogP) is 3.78. The van der Waals surface area contributed by atoms with Gasteiger partial charge in [-0.3, -0.25) is 10.1 Å². The summed E-state index contributed by atoms with van der Waals surface area (Å²) in [7, 11) is 0. The third-order valence-corrected chi connectivity index (χ3v) is 3.52. The molecule has 7 heteroatoms. The Morgan fingerprint density at radius 2 is 2.24 bits per heavy atom. The largest absolute Gasteiger partial charge is 0.379 e. The Morgan fingerprint density at radius 1 is 1.48 bits per heavy atom. The number of aryl methyl sites for hydroxylation is 2. The van der Waals surface area contributed by atoms with Crippen LogP contribution in [0.1, 0.15) is 24.6 Å². The molecule has 0 fully saturated rings. The van der Waals surface area contributed by atoms with Crippen LogP contribution in [0.4, 0.5) is 11.4 Å². The van der Waals surface area contributed by atoms with Crippen molar-refractivity contribution < 1.29 is 4.92 Å². The first kappa shape index (κ1) is 15.3. The standard InChI is InChI=1S/C14H17ClN4O2/c1-3-4-18-9-16-7-11(18)8-17-13-6-12(15)14(19(20)21)5-10(13)2/h5-7,9,17H,3-4,8H2,1-2H3. The fraction of sp³-hybridized carbons (Fsp3) is 0.357. The molecule has 0 amide bonds. The van der Waals surface area contributed by atoms with E-state index in [-0.39, 0.29) is 10.7 Å². The number of halogens is 1. The second kappa shape index (κ2) is 6.58. The van der Waals surface area contributed by atoms with E-state index in [0.717, 1.165) is 29.9 Å². The minimum absolute atomic E-state index is 0.0734. The lowest BCUT2D eigenvalue weighted by molar-refractivity contribution is -0.384. The first-order valence-corrected chi connectivity index (χ1v) is 7.08. The summed E-state index contributed by atoms with van der Waals surface area (Å²) < 4.78 is 2.08. The summed E-state index contributed by atoms with van der Waals surface area (Å²) in [5, 5.41) is 14.2. The molecule has 0 aliphatic heterocycles. The molecule has 0 radical (unpaired) electrons. The van der Waals surface area contributed by atoms with Crippen molar-refractivity contribution in [1.82, 2.24) is 9.55 Å². The van der Waals surface area contributed by atoms with Crippen LogP contribution in [0.5, 0.6) is 0 Å². The second-order valence-corrected chi connectivity index (χ2v) is 5.21. The lowest BCUT2D eigenvalue weighted by Gasteiger charge is -2.12. The molecule has 0 spiro atoms. The van der Waals surface area contributed by atoms with Crippen LogP contribution in [0.3, 0.4) is 0 Å². The summed E-state index contributed by atoms with van der Waals surface area (Å²) in [5.41, 5.74) is 2.56. The number of imidazole rings is 1. The normalized spacial score (nSPS) is 10.6. The Bertz CT molecular complexity index is 654. The maximum atomic E-state index is 10.8. The molecule has 0 saturated heterocycles. The Morgan fingerprint density at radius 3 is 2.90 bits per heavy atom. The van der Waals surface area contributed by atoms with E-state index in [1.807, 2.05) is 13.1 Å². The van der Waals surface area contributed by atoms with Crippen LogP contribution < -0.4 is 5.32 Å². The smallest absolute Gasteiger partial charge is 0.288 e. The molecule has 0 bridgehead atoms. The highest BCUT2D eigenvalue weighted by Gasteiger charge is 2.15. The minimum Gasteiger partial charge on any atom is -0.379 e. The first-order chi connectivity index (χ1) is 10.0. The van der Waals surface area contributed by atoms with Crippen molar-refractivity contribution in [3.05, 3.63) is 51.1 Å². The van der Waals surface area contributed by atoms with Crippen LogP contribution in [0, 0.1) is 17.0 Å². The number of nitrogens with zero attached hydrogens (tertiary/aromatic N) is 3. The van der Waals surface area contributed by atoms with Gasteiger partial charge in [0.15, 0.2) is 0 Å². The molecule has 112 valence electrons. The fourth-order valence-corrected chi connectivity index (χ4v) is 2.35. The van der Waals surface area contributed by atoms with Crippen molar-refractivity contribution in [1.29, 1.82) is 0 Å². The van der Waals surface area contributed by atoms with E-state index >= 15 is 0 Å². The van der Waals surface area contributed by atoms with E-state index in [0.29, 0.717) is 6.54 Å². The van der Waals surface area contributed by atoms with Crippen LogP contribution in [-0.2, 0) is 13.1 Å². The summed E-state index contributed by atoms with van der Waals surface area (Å²) in [6, 6.07) is 3.07. The second-order valence-electron chi connectivity index (χ2n) is 4.81. The molecule has 0 saturated carbocycles. The fourth-order valence-electron chi connectivity index (χ4n) is 2.12. The molecule has 2 aromatic rings. The maximum absolute atomic E-state index is 10.8. The predicted molar refractivity (Wildman–Crippen MR) is 82.7 cm³/mol. The number of aromatic nitrogens is 2. The zero-order valence-corrected chi connectivity index (χ0v) is 12.7. The third kappa shape index (κ3) is 3.52. The van der Waals surface area contributed by atoms with Crippen molar-refractivity contribution in [2.75, 3.05) is 5.32 Å². The van der Waals surface area contributed by atoms with E-state index in [4.69, 9.17) is 11.6 Å². The molecule has 2 rings (SSSR count). The van der Waals surface area contributed by atoms with Gasteiger partial charge in [-0.1, -0.05) is 18.5 Å². The Balaban J connectivity index is 2.15. The summed E-state index contributed by atoms with van der Waals surface area (Å²) in [4.78, 5) is 14.5. The highest BCUT2D eigenvalue weighted by atomic mass is 35.5. The molecule has 1 N–H and O–H groups in total. The number of nitro benzene ring substituents is 1. The van der Waals surface area contributed by atoms with Gasteiger partial charge in [-0.05, 0) is 25.0 Å². The molecule has 0 atom stereocenters. The van der Waals surface area contributed by atoms with E-state index in [1.54, 1.807) is 12.4 Å². The zero-order valence-electron chi connectivity index (χ0n) is 12.0. The molecule has 21 heavy (non-hydrogen) atoms. The maximum Gasteiger partial charge on any atom is 0.288 e. The lowest BCUT2D eigenvalue weighted by atomic mass is 10.1. The van der Waals surface area contributed by atoms with Crippen molar-refractivity contribution in [2.24, 2.45) is 0 Å². The van der Waals surface area contributed by atoms with Crippen LogP contribution in [-0.4, -0.2) is 14.5 Å². The molecule has 1 heterocycles. The van der Waals surface area contributed by atoms with Gasteiger partial charge in [-0.2, -0.15) is 0 Å². The number of hydrogen-bond donors (Lipinski definition) is 1. The van der Waals surface area contributed by atoms with Crippen LogP contribution in [0.25, 0.3) is 0 Å². The quantitative estimate of drug-likeness (QED) is 0.651. The molecule has 1 aromatic carbocycles. The third-order valence-electron chi connectivity index (χ3n) is 3.21. The van der Waals surface area contributed by atoms with Gasteiger partial charge in [-0.25, -0.2) is 4.98 Å². The number of rotatable bonds is 6. The molecule has 1 aromatic heterocycles. The Kier molecular flexibility index (Phi) is 4.80. The van der Waals surface area contributed by atoms with E-state index < -0.39 is 4.92 Å². The van der Waals surface area contributed by atoms with Gasteiger partial charge in [0.1, 0.15) is 5.02 Å². The Labute approximate surface area is 127 Å². The zero-order chi connectivity index (χ0) is 15.4. The van der Waals surface area contributed by atoms with Gasteiger partial charge < -0.3 is 9.88 Å². The molecular weight excluding hydrogens is 292 g/mol. The summed E-state index contributed by atoms with van der Waals surface area (Å²) in [5.74, 6) is 0. The van der Waals surface area contributed by atoms with E-state index in [1.165, 1.54) is 6.07 Å². The molecular formula is C14H17ClN4O2. The highest BCUT2D eigenvalue weighted by Crippen LogP contribution is 2.30. The topological polar surface area (TPSA) is 73.0 Å². The average Bonchev–Trinajstić information content (AvgIpc) is 2.87. The van der Waals surface area contributed by atoms with Crippen molar-refractivity contribution >= 4 is 23.0 Å². The number of nitro groups is 1. The summed E-state index contributed by atoms with van der Waals surface area (Å²) in [6.07, 6.45) is 4.65. The average molecular weight is 309 g/mol. The molecule has 0 unspecified atom stereocenters. The first-order valence-electron chi connectivity index (χ1n) is 6.70. The minimum atomic E-state index is -0.477. The summed E-state index contributed by atoms with van der Waals surface area (Å²) in [6.45, 7) is 5.43. The van der Waals surface area contributed by atoms with Gasteiger partial charge in [-0.15, -0.1) is 0 Å². The van der Waals surface area contributed by atoms with Gasteiger partial charge in [0.2, 0.25) is 0 Å². The monoisotopic (exact) mass is 308 g/mol. The number of nitrogens with one attached hydrogen (secondary N) is 1. The lowest BCUT2D eigenvalue weighted by Crippen LogP contribution is -2.08. The van der Waals surface area contributed by atoms with Gasteiger partial charge in [0, 0.05) is 24.5 Å². The molecule has 0 aliphatic carbocycles. The van der Waals surface area contributed by atoms with Crippen molar-refractivity contribution in [2.45, 2.75) is 33.4 Å². The highest BCUT2D eigenvalue weighted by molar-refractivity contribution is 6.33. The number of anilines is 1. The SMILES string of the molecule is CCCn1cncc1CNc1cc(Cl)c([N+](=O)[O-])cc1C. The van der Waals surface area contributed by atoms with E-state index in [2.05, 4.69) is 21.8 Å². The number of benzene rings is 1. The van der Waals surface area contributed by atoms with Gasteiger partial charge >= 0.3 is 0 Å². The number of hydrogen-bond acceptors (Lipinski definition) is 4. The van der Waals surface area contributed by atoms with Crippen LogP contribution in [0.2, 0.25) is 5.02 Å². The Hall–Kier alpha value is -2.08. The molecule has 0 aliphatic rings. The van der Waals surface area contributed by atoms with Crippen molar-refractivity contribution in [3.8, 4) is 0 Å². The summed E-state index contributed by atoms with van der Waals surface area (Å²) >= 11 is 5.94. The van der Waals surface area contributed by atoms with Gasteiger partial charge in [0.05, 0.1) is 23.5 Å².